The smallest absolute Gasteiger partial charge is 0.119 e. The van der Waals surface area contributed by atoms with Crippen LogP contribution in [-0.4, -0.2) is 29.9 Å². The van der Waals surface area contributed by atoms with Crippen LogP contribution in [0.25, 0.3) is 0 Å². The van der Waals surface area contributed by atoms with Crippen LogP contribution in [0, 0.1) is 11.3 Å². The molecule has 110 valence electrons. The van der Waals surface area contributed by atoms with Crippen LogP contribution in [0.4, 0.5) is 0 Å². The summed E-state index contributed by atoms with van der Waals surface area (Å²) >= 11 is 0. The second kappa shape index (κ2) is 7.88. The number of hydrogen-bond acceptors (Lipinski definition) is 4. The Balaban J connectivity index is 2.45. The summed E-state index contributed by atoms with van der Waals surface area (Å²) in [4.78, 5) is 0. The van der Waals surface area contributed by atoms with E-state index in [0.29, 0.717) is 19.4 Å². The van der Waals surface area contributed by atoms with E-state index >= 15 is 0 Å². The summed E-state index contributed by atoms with van der Waals surface area (Å²) in [6, 6.07) is 10.2. The summed E-state index contributed by atoms with van der Waals surface area (Å²) in [6.45, 7) is 6.58. The summed E-state index contributed by atoms with van der Waals surface area (Å²) in [6.07, 6.45) is 1.28. The van der Waals surface area contributed by atoms with E-state index in [9.17, 15) is 5.26 Å². The van der Waals surface area contributed by atoms with Crippen LogP contribution < -0.4 is 10.1 Å². The van der Waals surface area contributed by atoms with Crippen LogP contribution in [0.1, 0.15) is 32.8 Å². The average molecular weight is 276 g/mol. The number of rotatable bonds is 8. The van der Waals surface area contributed by atoms with Crippen molar-refractivity contribution in [1.29, 1.82) is 5.26 Å². The quantitative estimate of drug-likeness (QED) is 0.764. The fourth-order valence-electron chi connectivity index (χ4n) is 2.05. The predicted octanol–water partition coefficient (Wildman–Crippen LogP) is 2.27. The van der Waals surface area contributed by atoms with E-state index in [0.717, 1.165) is 11.3 Å². The van der Waals surface area contributed by atoms with Crippen molar-refractivity contribution in [2.24, 2.45) is 0 Å². The molecular formula is C16H24N2O2. The maximum absolute atomic E-state index is 9.24. The van der Waals surface area contributed by atoms with Crippen molar-refractivity contribution in [3.63, 3.8) is 0 Å². The highest BCUT2D eigenvalue weighted by Crippen LogP contribution is 2.15. The molecule has 1 aromatic rings. The molecule has 0 radical (unpaired) electrons. The van der Waals surface area contributed by atoms with E-state index in [1.165, 1.54) is 0 Å². The van der Waals surface area contributed by atoms with Crippen molar-refractivity contribution in [1.82, 2.24) is 5.32 Å². The lowest BCUT2D eigenvalue weighted by molar-refractivity contribution is 0.260. The molecule has 2 N–H and O–H groups in total. The van der Waals surface area contributed by atoms with Gasteiger partial charge in [-0.1, -0.05) is 12.1 Å². The van der Waals surface area contributed by atoms with E-state index < -0.39 is 5.54 Å². The molecule has 0 aromatic heterocycles. The third-order valence-electron chi connectivity index (χ3n) is 3.05. The Kier molecular flexibility index (Phi) is 6.50. The Labute approximate surface area is 121 Å². The molecule has 0 saturated carbocycles. The lowest BCUT2D eigenvalue weighted by Gasteiger charge is -2.25. The second-order valence-electron chi connectivity index (χ2n) is 5.46. The Morgan fingerprint density at radius 2 is 2.00 bits per heavy atom. The average Bonchev–Trinajstić information content (AvgIpc) is 2.40. The summed E-state index contributed by atoms with van der Waals surface area (Å²) in [5.74, 6) is 0.788. The van der Waals surface area contributed by atoms with Crippen LogP contribution in [0.2, 0.25) is 0 Å². The second-order valence-corrected chi connectivity index (χ2v) is 5.46. The first-order chi connectivity index (χ1) is 9.49. The van der Waals surface area contributed by atoms with Crippen molar-refractivity contribution in [2.45, 2.75) is 45.2 Å². The fraction of sp³-hybridized carbons (Fsp3) is 0.562. The first-order valence-electron chi connectivity index (χ1n) is 7.00. The molecule has 0 saturated heterocycles. The van der Waals surface area contributed by atoms with Crippen LogP contribution in [0.3, 0.4) is 0 Å². The zero-order valence-corrected chi connectivity index (χ0v) is 12.5. The number of ether oxygens (including phenoxy) is 1. The van der Waals surface area contributed by atoms with Gasteiger partial charge in [0.2, 0.25) is 0 Å². The summed E-state index contributed by atoms with van der Waals surface area (Å²) < 4.78 is 5.66. The fourth-order valence-corrected chi connectivity index (χ4v) is 2.05. The van der Waals surface area contributed by atoms with Gasteiger partial charge in [-0.25, -0.2) is 0 Å². The van der Waals surface area contributed by atoms with Crippen LogP contribution in [0.15, 0.2) is 24.3 Å². The monoisotopic (exact) mass is 276 g/mol. The van der Waals surface area contributed by atoms with Crippen molar-refractivity contribution < 1.29 is 9.84 Å². The van der Waals surface area contributed by atoms with Crippen LogP contribution >= 0.6 is 0 Å². The van der Waals surface area contributed by atoms with E-state index in [4.69, 9.17) is 9.84 Å². The molecule has 4 heteroatoms. The van der Waals surface area contributed by atoms with Crippen LogP contribution in [-0.2, 0) is 6.42 Å². The van der Waals surface area contributed by atoms with Gasteiger partial charge >= 0.3 is 0 Å². The molecular weight excluding hydrogens is 252 g/mol. The highest BCUT2D eigenvalue weighted by molar-refractivity contribution is 5.27. The van der Waals surface area contributed by atoms with Gasteiger partial charge in [-0.2, -0.15) is 5.26 Å². The van der Waals surface area contributed by atoms with Gasteiger partial charge in [-0.05, 0) is 44.9 Å². The molecule has 1 unspecified atom stereocenters. The maximum Gasteiger partial charge on any atom is 0.119 e. The van der Waals surface area contributed by atoms with Gasteiger partial charge in [0.25, 0.3) is 0 Å². The summed E-state index contributed by atoms with van der Waals surface area (Å²) in [5, 5.41) is 21.3. The van der Waals surface area contributed by atoms with Gasteiger partial charge in [0.1, 0.15) is 11.3 Å². The highest BCUT2D eigenvalue weighted by Gasteiger charge is 2.24. The molecule has 0 aliphatic rings. The molecule has 1 aromatic carbocycles. The number of hydrogen-bond donors (Lipinski definition) is 2. The van der Waals surface area contributed by atoms with Crippen molar-refractivity contribution >= 4 is 0 Å². The molecule has 1 atom stereocenters. The van der Waals surface area contributed by atoms with Crippen molar-refractivity contribution in [3.05, 3.63) is 29.8 Å². The third-order valence-corrected chi connectivity index (χ3v) is 3.05. The zero-order chi connectivity index (χ0) is 15.0. The zero-order valence-electron chi connectivity index (χ0n) is 12.5. The molecule has 4 nitrogen and oxygen atoms in total. The number of nitrogens with one attached hydrogen (secondary N) is 1. The summed E-state index contributed by atoms with van der Waals surface area (Å²) in [5.41, 5.74) is 0.522. The number of benzene rings is 1. The van der Waals surface area contributed by atoms with Gasteiger partial charge in [-0.15, -0.1) is 0 Å². The maximum atomic E-state index is 9.24. The highest BCUT2D eigenvalue weighted by atomic mass is 16.5. The van der Waals surface area contributed by atoms with Crippen molar-refractivity contribution in [2.75, 3.05) is 13.2 Å². The van der Waals surface area contributed by atoms with Gasteiger partial charge < -0.3 is 9.84 Å². The number of aliphatic hydroxyl groups excluding tert-OH is 1. The van der Waals surface area contributed by atoms with Gasteiger partial charge in [-0.3, -0.25) is 5.32 Å². The van der Waals surface area contributed by atoms with E-state index in [1.807, 2.05) is 45.0 Å². The molecule has 1 rings (SSSR count). The topological polar surface area (TPSA) is 65.3 Å². The van der Waals surface area contributed by atoms with Gasteiger partial charge in [0.15, 0.2) is 0 Å². The molecule has 0 aliphatic carbocycles. The standard InChI is InChI=1S/C16H24N2O2/c1-13(2)18-16(3,12-17)9-11-20-15-6-4-14(5-7-15)8-10-19/h4-7,13,18-19H,8-11H2,1-3H3. The lowest BCUT2D eigenvalue weighted by atomic mass is 9.99. The Bertz CT molecular complexity index is 437. The molecule has 20 heavy (non-hydrogen) atoms. The number of nitrogens with zero attached hydrogens (tertiary/aromatic N) is 1. The minimum absolute atomic E-state index is 0.154. The van der Waals surface area contributed by atoms with Crippen LogP contribution in [0.5, 0.6) is 5.75 Å². The number of aliphatic hydroxyl groups is 1. The minimum Gasteiger partial charge on any atom is -0.493 e. The Morgan fingerprint density at radius 3 is 2.50 bits per heavy atom. The minimum atomic E-state index is -0.564. The normalized spacial score (nSPS) is 13.8. The molecule has 0 amide bonds. The summed E-state index contributed by atoms with van der Waals surface area (Å²) in [7, 11) is 0. The first-order valence-corrected chi connectivity index (χ1v) is 7.00. The Morgan fingerprint density at radius 1 is 1.35 bits per heavy atom. The third kappa shape index (κ3) is 5.60. The molecule has 0 spiro atoms. The first kappa shape index (κ1) is 16.5. The lowest BCUT2D eigenvalue weighted by Crippen LogP contribution is -2.45. The molecule has 0 aliphatic heterocycles. The van der Waals surface area contributed by atoms with E-state index in [-0.39, 0.29) is 12.6 Å². The Hall–Kier alpha value is -1.57. The predicted molar refractivity (Wildman–Crippen MR) is 79.6 cm³/mol. The number of nitriles is 1. The molecule has 0 fully saturated rings. The van der Waals surface area contributed by atoms with E-state index in [1.54, 1.807) is 0 Å². The molecule has 0 heterocycles. The molecule has 0 bridgehead atoms. The van der Waals surface area contributed by atoms with E-state index in [2.05, 4.69) is 11.4 Å². The van der Waals surface area contributed by atoms with Gasteiger partial charge in [0, 0.05) is 19.1 Å². The van der Waals surface area contributed by atoms with Crippen molar-refractivity contribution in [3.8, 4) is 11.8 Å². The van der Waals surface area contributed by atoms with Gasteiger partial charge in [0.05, 0.1) is 12.7 Å². The largest absolute Gasteiger partial charge is 0.493 e. The SMILES string of the molecule is CC(C)NC(C)(C#N)CCOc1ccc(CCO)cc1.